The summed E-state index contributed by atoms with van der Waals surface area (Å²) in [4.78, 5) is 4.55. The molecule has 0 amide bonds. The van der Waals surface area contributed by atoms with Gasteiger partial charge in [-0.25, -0.2) is 4.98 Å². The summed E-state index contributed by atoms with van der Waals surface area (Å²) in [5.74, 6) is 0.846. The molecule has 1 unspecified atom stereocenters. The summed E-state index contributed by atoms with van der Waals surface area (Å²) in [6.07, 6.45) is 2.60. The van der Waals surface area contributed by atoms with Gasteiger partial charge in [-0.1, -0.05) is 18.5 Å². The molecule has 5 nitrogen and oxygen atoms in total. The molecule has 0 N–H and O–H groups in total. The topological polar surface area (TPSA) is 49.8 Å². The highest BCUT2D eigenvalue weighted by Crippen LogP contribution is 2.42. The van der Waals surface area contributed by atoms with E-state index in [2.05, 4.69) is 11.9 Å². The van der Waals surface area contributed by atoms with Crippen molar-refractivity contribution < 1.29 is 18.9 Å². The highest BCUT2D eigenvalue weighted by atomic mass is 35.5. The Morgan fingerprint density at radius 3 is 2.83 bits per heavy atom. The van der Waals surface area contributed by atoms with Gasteiger partial charge in [0.25, 0.3) is 0 Å². The summed E-state index contributed by atoms with van der Waals surface area (Å²) in [5.41, 5.74) is 1.84. The van der Waals surface area contributed by atoms with E-state index in [4.69, 9.17) is 30.5 Å². The van der Waals surface area contributed by atoms with Crippen LogP contribution in [0.3, 0.4) is 0 Å². The molecule has 4 rings (SSSR count). The Balaban J connectivity index is 1.56. The molecule has 2 fully saturated rings. The van der Waals surface area contributed by atoms with Crippen molar-refractivity contribution in [3.8, 4) is 5.75 Å². The quantitative estimate of drug-likeness (QED) is 0.789. The number of aromatic nitrogens is 1. The van der Waals surface area contributed by atoms with Gasteiger partial charge in [0, 0.05) is 36.5 Å². The third kappa shape index (κ3) is 2.84. The van der Waals surface area contributed by atoms with E-state index in [1.807, 2.05) is 6.07 Å². The van der Waals surface area contributed by atoms with E-state index >= 15 is 0 Å². The van der Waals surface area contributed by atoms with E-state index in [9.17, 15) is 0 Å². The Morgan fingerprint density at radius 1 is 1.26 bits per heavy atom. The summed E-state index contributed by atoms with van der Waals surface area (Å²) < 4.78 is 23.0. The van der Waals surface area contributed by atoms with Gasteiger partial charge in [0.05, 0.1) is 38.7 Å². The third-order valence-electron chi connectivity index (χ3n) is 5.06. The van der Waals surface area contributed by atoms with Gasteiger partial charge in [-0.15, -0.1) is 0 Å². The Bertz CT molecular complexity index is 597. The molecule has 0 radical (unpaired) electrons. The van der Waals surface area contributed by atoms with Crippen LogP contribution < -0.4 is 4.74 Å². The lowest BCUT2D eigenvalue weighted by Crippen LogP contribution is -2.41. The Labute approximate surface area is 141 Å². The molecule has 1 aromatic heterocycles. The predicted molar refractivity (Wildman–Crippen MR) is 85.1 cm³/mol. The zero-order valence-corrected chi connectivity index (χ0v) is 14.2. The Hall–Kier alpha value is -0.880. The van der Waals surface area contributed by atoms with Crippen molar-refractivity contribution in [1.29, 1.82) is 0 Å². The molecular formula is C17H22ClNO4. The number of rotatable bonds is 4. The molecule has 3 aliphatic rings. The molecule has 0 aromatic carbocycles. The maximum absolute atomic E-state index is 6.24. The number of ether oxygens (including phenoxy) is 4. The molecular weight excluding hydrogens is 318 g/mol. The summed E-state index contributed by atoms with van der Waals surface area (Å²) >= 11 is 6.24. The van der Waals surface area contributed by atoms with Gasteiger partial charge in [0.2, 0.25) is 0 Å². The minimum absolute atomic E-state index is 0.251. The van der Waals surface area contributed by atoms with Gasteiger partial charge >= 0.3 is 0 Å². The first-order valence-electron chi connectivity index (χ1n) is 8.23. The first kappa shape index (κ1) is 15.6. The molecule has 0 bridgehead atoms. The van der Waals surface area contributed by atoms with Crippen LogP contribution in [0.5, 0.6) is 5.75 Å². The largest absolute Gasteiger partial charge is 0.493 e. The molecule has 0 saturated carbocycles. The normalized spacial score (nSPS) is 28.4. The Kier molecular flexibility index (Phi) is 4.00. The van der Waals surface area contributed by atoms with Crippen LogP contribution in [0.2, 0.25) is 5.15 Å². The van der Waals surface area contributed by atoms with E-state index in [1.165, 1.54) is 0 Å². The van der Waals surface area contributed by atoms with E-state index in [-0.39, 0.29) is 5.41 Å². The number of hydrogen-bond acceptors (Lipinski definition) is 5. The SMILES string of the molecule is CC1(CCOc2cc(Cl)nc3c2CCOC32CCOC2)COC1. The van der Waals surface area contributed by atoms with Gasteiger partial charge in [0.1, 0.15) is 16.5 Å². The number of halogens is 1. The van der Waals surface area contributed by atoms with Crippen LogP contribution in [0, 0.1) is 5.41 Å². The monoisotopic (exact) mass is 339 g/mol. The zero-order chi connectivity index (χ0) is 15.9. The lowest BCUT2D eigenvalue weighted by Gasteiger charge is -2.38. The van der Waals surface area contributed by atoms with Crippen LogP contribution in [0.25, 0.3) is 0 Å². The average molecular weight is 340 g/mol. The minimum atomic E-state index is -0.440. The highest BCUT2D eigenvalue weighted by Gasteiger charge is 2.44. The second kappa shape index (κ2) is 5.88. The maximum atomic E-state index is 6.24. The Morgan fingerprint density at radius 2 is 2.13 bits per heavy atom. The lowest BCUT2D eigenvalue weighted by atomic mass is 9.85. The van der Waals surface area contributed by atoms with Crippen LogP contribution in [-0.2, 0) is 26.2 Å². The van der Waals surface area contributed by atoms with Crippen LogP contribution in [0.1, 0.15) is 31.0 Å². The molecule has 0 aliphatic carbocycles. The minimum Gasteiger partial charge on any atom is -0.493 e. The summed E-state index contributed by atoms with van der Waals surface area (Å²) in [5, 5.41) is 0.453. The lowest BCUT2D eigenvalue weighted by molar-refractivity contribution is -0.109. The van der Waals surface area contributed by atoms with Gasteiger partial charge < -0.3 is 18.9 Å². The van der Waals surface area contributed by atoms with Crippen molar-refractivity contribution in [3.63, 3.8) is 0 Å². The first-order chi connectivity index (χ1) is 11.1. The number of pyridine rings is 1. The van der Waals surface area contributed by atoms with Crippen molar-refractivity contribution in [3.05, 3.63) is 22.5 Å². The van der Waals surface area contributed by atoms with Gasteiger partial charge in [-0.3, -0.25) is 0 Å². The number of nitrogens with zero attached hydrogens (tertiary/aromatic N) is 1. The average Bonchev–Trinajstić information content (AvgIpc) is 2.96. The molecule has 126 valence electrons. The van der Waals surface area contributed by atoms with E-state index in [1.54, 1.807) is 0 Å². The second-order valence-electron chi connectivity index (χ2n) is 7.07. The fraction of sp³-hybridized carbons (Fsp3) is 0.706. The van der Waals surface area contributed by atoms with Crippen molar-refractivity contribution >= 4 is 11.6 Å². The summed E-state index contributed by atoms with van der Waals surface area (Å²) in [6, 6.07) is 1.83. The van der Waals surface area contributed by atoms with Crippen LogP contribution >= 0.6 is 11.6 Å². The van der Waals surface area contributed by atoms with Crippen LogP contribution in [-0.4, -0.2) is 44.6 Å². The van der Waals surface area contributed by atoms with Crippen molar-refractivity contribution in [2.75, 3.05) is 39.6 Å². The van der Waals surface area contributed by atoms with E-state index in [0.717, 1.165) is 49.5 Å². The van der Waals surface area contributed by atoms with E-state index in [0.29, 0.717) is 31.6 Å². The summed E-state index contributed by atoms with van der Waals surface area (Å²) in [7, 11) is 0. The second-order valence-corrected chi connectivity index (χ2v) is 7.45. The van der Waals surface area contributed by atoms with Crippen molar-refractivity contribution in [2.45, 2.75) is 31.8 Å². The number of fused-ring (bicyclic) bond motifs is 2. The first-order valence-corrected chi connectivity index (χ1v) is 8.60. The molecule has 1 spiro atoms. The van der Waals surface area contributed by atoms with Crippen LogP contribution in [0.4, 0.5) is 0 Å². The molecule has 4 heterocycles. The van der Waals surface area contributed by atoms with Crippen molar-refractivity contribution in [1.82, 2.24) is 4.98 Å². The summed E-state index contributed by atoms with van der Waals surface area (Å²) in [6.45, 7) is 6.44. The van der Waals surface area contributed by atoms with Crippen LogP contribution in [0.15, 0.2) is 6.07 Å². The number of hydrogen-bond donors (Lipinski definition) is 0. The maximum Gasteiger partial charge on any atom is 0.136 e. The molecule has 2 saturated heterocycles. The predicted octanol–water partition coefficient (Wildman–Crippen LogP) is 2.73. The zero-order valence-electron chi connectivity index (χ0n) is 13.4. The van der Waals surface area contributed by atoms with Crippen molar-refractivity contribution in [2.24, 2.45) is 5.41 Å². The van der Waals surface area contributed by atoms with Gasteiger partial charge in [-0.2, -0.15) is 0 Å². The third-order valence-corrected chi connectivity index (χ3v) is 5.26. The fourth-order valence-corrected chi connectivity index (χ4v) is 3.72. The standard InChI is InChI=1S/C17H22ClNO4/c1-16(9-21-10-16)3-7-22-13-8-14(18)19-15-12(13)2-5-23-17(15)4-6-20-11-17/h8H,2-7,9-11H2,1H3. The molecule has 1 atom stereocenters. The van der Waals surface area contributed by atoms with E-state index < -0.39 is 5.60 Å². The smallest absolute Gasteiger partial charge is 0.136 e. The van der Waals surface area contributed by atoms with Gasteiger partial charge in [0.15, 0.2) is 0 Å². The molecule has 23 heavy (non-hydrogen) atoms. The molecule has 3 aliphatic heterocycles. The fourth-order valence-electron chi connectivity index (χ4n) is 3.53. The highest BCUT2D eigenvalue weighted by molar-refractivity contribution is 6.29. The molecule has 6 heteroatoms. The van der Waals surface area contributed by atoms with Gasteiger partial charge in [-0.05, 0) is 6.42 Å². The molecule has 1 aromatic rings.